The Kier molecular flexibility index (Phi) is 9.69. The molecule has 0 aromatic rings. The van der Waals surface area contributed by atoms with Crippen LogP contribution in [0.1, 0.15) is 20.8 Å². The van der Waals surface area contributed by atoms with Crippen LogP contribution in [-0.2, 0) is 4.79 Å². The monoisotopic (exact) mass is 396 g/mol. The van der Waals surface area contributed by atoms with Crippen LogP contribution in [0.5, 0.6) is 0 Å². The Morgan fingerprint density at radius 2 is 2.32 bits per heavy atom. The van der Waals surface area contributed by atoms with E-state index < -0.39 is 6.09 Å². The molecular formula is C12H17IN2O3S. The summed E-state index contributed by atoms with van der Waals surface area (Å²) >= 11 is 3.57. The molecule has 5 nitrogen and oxygen atoms in total. The summed E-state index contributed by atoms with van der Waals surface area (Å²) in [6, 6.07) is 0. The number of ketones is 1. The number of carbonyl (C=O) groups is 2. The van der Waals surface area contributed by atoms with Gasteiger partial charge in [-0.25, -0.2) is 9.19 Å². The van der Waals surface area contributed by atoms with Crippen LogP contribution in [0.2, 0.25) is 0 Å². The van der Waals surface area contributed by atoms with Gasteiger partial charge in [0.05, 0.1) is 11.5 Å². The maximum atomic E-state index is 10.4. The minimum atomic E-state index is -0.991. The zero-order valence-electron chi connectivity index (χ0n) is 11.1. The normalized spacial score (nSPS) is 16.2. The molecule has 0 radical (unpaired) electrons. The van der Waals surface area contributed by atoms with Crippen LogP contribution in [0, 0.1) is 17.8 Å². The lowest BCUT2D eigenvalue weighted by atomic mass is 10.1. The zero-order chi connectivity index (χ0) is 14.8. The number of nitrogens with zero attached hydrogens (tertiary/aromatic N) is 1. The SMILES string of the molecule is CC#CC(CNC(=O)O)C(C)I.CC1=NSCC1=O. The molecule has 0 aromatic carbocycles. The van der Waals surface area contributed by atoms with Crippen LogP contribution in [0.25, 0.3) is 0 Å². The van der Waals surface area contributed by atoms with E-state index in [0.717, 1.165) is 0 Å². The standard InChI is InChI=1S/C8H12INO2.C4H5NOS/c1-3-4-7(6(2)9)5-10-8(11)12;1-3-4(6)2-7-5-3/h6-7,10H,5H2,1-2H3,(H,11,12);2H2,1H3. The van der Waals surface area contributed by atoms with Gasteiger partial charge in [-0.1, -0.05) is 35.4 Å². The van der Waals surface area contributed by atoms with Crippen LogP contribution in [0.4, 0.5) is 4.79 Å². The summed E-state index contributed by atoms with van der Waals surface area (Å²) in [6.45, 7) is 5.91. The Labute approximate surface area is 131 Å². The second-order valence-corrected chi connectivity index (χ2v) is 6.43. The number of rotatable bonds is 3. The van der Waals surface area contributed by atoms with Gasteiger partial charge >= 0.3 is 6.09 Å². The summed E-state index contributed by atoms with van der Waals surface area (Å²) in [6.07, 6.45) is -0.991. The fourth-order valence-corrected chi connectivity index (χ4v) is 2.17. The first kappa shape index (κ1) is 18.2. The van der Waals surface area contributed by atoms with E-state index in [2.05, 4.69) is 44.1 Å². The van der Waals surface area contributed by atoms with Gasteiger partial charge in [-0.2, -0.15) is 0 Å². The van der Waals surface area contributed by atoms with Crippen LogP contribution in [0.15, 0.2) is 4.40 Å². The summed E-state index contributed by atoms with van der Waals surface area (Å²) < 4.78 is 4.15. The van der Waals surface area contributed by atoms with Gasteiger partial charge in [0.1, 0.15) is 0 Å². The Hall–Kier alpha value is -0.750. The molecule has 2 N–H and O–H groups in total. The summed E-state index contributed by atoms with van der Waals surface area (Å²) in [5.41, 5.74) is 0.657. The lowest BCUT2D eigenvalue weighted by molar-refractivity contribution is -0.110. The lowest BCUT2D eigenvalue weighted by Gasteiger charge is -2.12. The quantitative estimate of drug-likeness (QED) is 0.332. The van der Waals surface area contributed by atoms with Gasteiger partial charge in [0.15, 0.2) is 5.78 Å². The molecule has 0 saturated heterocycles. The number of carbonyl (C=O) groups excluding carboxylic acids is 1. The minimum Gasteiger partial charge on any atom is -0.465 e. The van der Waals surface area contributed by atoms with E-state index in [1.165, 1.54) is 11.9 Å². The van der Waals surface area contributed by atoms with E-state index in [1.54, 1.807) is 13.8 Å². The molecule has 0 aliphatic carbocycles. The van der Waals surface area contributed by atoms with E-state index in [9.17, 15) is 9.59 Å². The minimum absolute atomic E-state index is 0.103. The third kappa shape index (κ3) is 8.88. The van der Waals surface area contributed by atoms with E-state index in [0.29, 0.717) is 21.9 Å². The van der Waals surface area contributed by atoms with Gasteiger partial charge in [0.2, 0.25) is 0 Å². The second kappa shape index (κ2) is 10.1. The van der Waals surface area contributed by atoms with Crippen molar-refractivity contribution in [2.45, 2.75) is 24.7 Å². The predicted molar refractivity (Wildman–Crippen MR) is 87.0 cm³/mol. The average Bonchev–Trinajstić information content (AvgIpc) is 2.69. The van der Waals surface area contributed by atoms with Crippen molar-refractivity contribution >= 4 is 52.1 Å². The molecule has 1 amide bonds. The summed E-state index contributed by atoms with van der Waals surface area (Å²) in [5, 5.41) is 10.7. The summed E-state index contributed by atoms with van der Waals surface area (Å²) in [5.74, 6) is 6.56. The average molecular weight is 396 g/mol. The summed E-state index contributed by atoms with van der Waals surface area (Å²) in [4.78, 5) is 20.6. The highest BCUT2D eigenvalue weighted by Gasteiger charge is 2.12. The molecule has 0 aromatic heterocycles. The van der Waals surface area contributed by atoms with Gasteiger partial charge in [-0.3, -0.25) is 4.79 Å². The van der Waals surface area contributed by atoms with Crippen LogP contribution < -0.4 is 5.32 Å². The third-order valence-electron chi connectivity index (χ3n) is 2.16. The van der Waals surface area contributed by atoms with E-state index >= 15 is 0 Å². The molecule has 1 heterocycles. The number of halogens is 1. The highest BCUT2D eigenvalue weighted by atomic mass is 127. The number of hydrogen-bond acceptors (Lipinski definition) is 4. The third-order valence-corrected chi connectivity index (χ3v) is 3.82. The van der Waals surface area contributed by atoms with Gasteiger partial charge in [-0.15, -0.1) is 5.92 Å². The zero-order valence-corrected chi connectivity index (χ0v) is 14.0. The van der Waals surface area contributed by atoms with Crippen molar-refractivity contribution in [3.8, 4) is 11.8 Å². The Morgan fingerprint density at radius 3 is 2.58 bits per heavy atom. The molecule has 0 spiro atoms. The lowest BCUT2D eigenvalue weighted by Crippen LogP contribution is -2.30. The van der Waals surface area contributed by atoms with Crippen molar-refractivity contribution in [1.82, 2.24) is 5.32 Å². The largest absolute Gasteiger partial charge is 0.465 e. The van der Waals surface area contributed by atoms with Gasteiger partial charge < -0.3 is 10.4 Å². The Morgan fingerprint density at radius 1 is 1.68 bits per heavy atom. The molecule has 2 atom stereocenters. The van der Waals surface area contributed by atoms with Crippen LogP contribution in [-0.4, -0.2) is 38.9 Å². The molecular weight excluding hydrogens is 379 g/mol. The van der Waals surface area contributed by atoms with Crippen LogP contribution >= 0.6 is 34.5 Å². The number of hydrogen-bond donors (Lipinski definition) is 2. The molecule has 1 aliphatic heterocycles. The second-order valence-electron chi connectivity index (χ2n) is 3.74. The van der Waals surface area contributed by atoms with E-state index in [1.807, 2.05) is 6.92 Å². The number of alkyl halides is 1. The molecule has 1 aliphatic rings. The Balaban J connectivity index is 0.000000388. The van der Waals surface area contributed by atoms with Gasteiger partial charge in [0.25, 0.3) is 0 Å². The smallest absolute Gasteiger partial charge is 0.404 e. The Bertz CT molecular complexity index is 413. The first-order chi connectivity index (χ1) is 8.88. The van der Waals surface area contributed by atoms with Gasteiger partial charge in [0, 0.05) is 16.4 Å². The maximum absolute atomic E-state index is 10.4. The van der Waals surface area contributed by atoms with Crippen molar-refractivity contribution in [2.24, 2.45) is 10.3 Å². The van der Waals surface area contributed by atoms with Gasteiger partial charge in [-0.05, 0) is 25.8 Å². The summed E-state index contributed by atoms with van der Waals surface area (Å²) in [7, 11) is 0. The highest BCUT2D eigenvalue weighted by Crippen LogP contribution is 2.11. The fraction of sp³-hybridized carbons (Fsp3) is 0.583. The number of amides is 1. The molecule has 19 heavy (non-hydrogen) atoms. The predicted octanol–water partition coefficient (Wildman–Crippen LogP) is 2.40. The maximum Gasteiger partial charge on any atom is 0.404 e. The number of Topliss-reactive ketones (excluding diaryl/α,β-unsaturated/α-hetero) is 1. The van der Waals surface area contributed by atoms with E-state index in [4.69, 9.17) is 5.11 Å². The molecule has 0 bridgehead atoms. The van der Waals surface area contributed by atoms with Crippen molar-refractivity contribution in [3.63, 3.8) is 0 Å². The molecule has 106 valence electrons. The van der Waals surface area contributed by atoms with Crippen molar-refractivity contribution in [2.75, 3.05) is 12.3 Å². The number of nitrogens with one attached hydrogen (secondary N) is 1. The fourth-order valence-electron chi connectivity index (χ4n) is 1.05. The molecule has 0 saturated carbocycles. The molecule has 1 rings (SSSR count). The van der Waals surface area contributed by atoms with Crippen molar-refractivity contribution < 1.29 is 14.7 Å². The first-order valence-corrected chi connectivity index (χ1v) is 7.80. The first-order valence-electron chi connectivity index (χ1n) is 5.61. The van der Waals surface area contributed by atoms with Crippen LogP contribution in [0.3, 0.4) is 0 Å². The van der Waals surface area contributed by atoms with E-state index in [-0.39, 0.29) is 11.7 Å². The van der Waals surface area contributed by atoms with Crippen molar-refractivity contribution in [3.05, 3.63) is 0 Å². The van der Waals surface area contributed by atoms with Crippen molar-refractivity contribution in [1.29, 1.82) is 0 Å². The number of carboxylic acid groups (broad SMARTS) is 1. The molecule has 7 heteroatoms. The molecule has 0 fully saturated rings. The highest BCUT2D eigenvalue weighted by molar-refractivity contribution is 14.1. The molecule has 2 unspecified atom stereocenters. The topological polar surface area (TPSA) is 78.8 Å².